The van der Waals surface area contributed by atoms with Crippen LogP contribution in [0.2, 0.25) is 0 Å². The first kappa shape index (κ1) is 17.4. The zero-order valence-electron chi connectivity index (χ0n) is 13.1. The van der Waals surface area contributed by atoms with Crippen LogP contribution in [0, 0.1) is 11.3 Å². The first-order chi connectivity index (χ1) is 9.59. The number of aliphatic hydroxyl groups is 1. The third kappa shape index (κ3) is 4.43. The minimum Gasteiger partial charge on any atom is -0.391 e. The molecule has 1 aliphatic heterocycles. The maximum atomic E-state index is 12.5. The van der Waals surface area contributed by atoms with Crippen molar-refractivity contribution in [3.05, 3.63) is 0 Å². The number of aliphatic hydroxyl groups excluding tert-OH is 1. The number of rotatable bonds is 8. The van der Waals surface area contributed by atoms with Gasteiger partial charge in [-0.3, -0.25) is 4.79 Å². The monoisotopic (exact) mass is 286 g/mol. The van der Waals surface area contributed by atoms with Crippen LogP contribution >= 0.6 is 0 Å². The molecule has 0 spiro atoms. The van der Waals surface area contributed by atoms with Crippen molar-refractivity contribution < 1.29 is 14.6 Å². The summed E-state index contributed by atoms with van der Waals surface area (Å²) >= 11 is 0. The van der Waals surface area contributed by atoms with Crippen LogP contribution in [0.4, 0.5) is 0 Å². The van der Waals surface area contributed by atoms with E-state index < -0.39 is 11.5 Å². The minimum absolute atomic E-state index is 0.0193. The third-order valence-electron chi connectivity index (χ3n) is 4.53. The van der Waals surface area contributed by atoms with Crippen LogP contribution in [-0.2, 0) is 9.53 Å². The van der Waals surface area contributed by atoms with E-state index in [0.717, 1.165) is 38.8 Å². The van der Waals surface area contributed by atoms with Gasteiger partial charge in [-0.1, -0.05) is 26.7 Å². The van der Waals surface area contributed by atoms with E-state index in [1.165, 1.54) is 0 Å². The minimum atomic E-state index is -0.463. The summed E-state index contributed by atoms with van der Waals surface area (Å²) in [7, 11) is 1.64. The molecule has 1 fully saturated rings. The fourth-order valence-corrected chi connectivity index (χ4v) is 3.00. The predicted octanol–water partition coefficient (Wildman–Crippen LogP) is 0.916. The van der Waals surface area contributed by atoms with Gasteiger partial charge in [0.15, 0.2) is 0 Å². The van der Waals surface area contributed by atoms with E-state index in [9.17, 15) is 9.90 Å². The summed E-state index contributed by atoms with van der Waals surface area (Å²) < 4.78 is 5.25. The van der Waals surface area contributed by atoms with Gasteiger partial charge in [0.1, 0.15) is 0 Å². The molecule has 3 N–H and O–H groups in total. The normalized spacial score (nSPS) is 19.9. The van der Waals surface area contributed by atoms with Crippen LogP contribution in [0.1, 0.15) is 39.5 Å². The first-order valence-corrected chi connectivity index (χ1v) is 7.75. The number of methoxy groups -OCH3 is 1. The Labute approximate surface area is 122 Å². The van der Waals surface area contributed by atoms with Gasteiger partial charge in [0.05, 0.1) is 18.1 Å². The fourth-order valence-electron chi connectivity index (χ4n) is 3.00. The molecular formula is C15H30N2O3. The molecule has 20 heavy (non-hydrogen) atoms. The molecule has 1 aliphatic rings. The van der Waals surface area contributed by atoms with Crippen molar-refractivity contribution in [3.63, 3.8) is 0 Å². The lowest BCUT2D eigenvalue weighted by Gasteiger charge is -2.36. The molecule has 1 saturated heterocycles. The molecule has 0 aromatic carbocycles. The van der Waals surface area contributed by atoms with Crippen LogP contribution in [0.15, 0.2) is 0 Å². The van der Waals surface area contributed by atoms with Crippen molar-refractivity contribution in [2.45, 2.75) is 45.6 Å². The summed E-state index contributed by atoms with van der Waals surface area (Å²) in [6.45, 7) is 6.60. The molecule has 1 unspecified atom stereocenters. The Morgan fingerprint density at radius 3 is 2.45 bits per heavy atom. The molecule has 1 heterocycles. The molecule has 0 aliphatic carbocycles. The number of carbonyl (C=O) groups excluding carboxylic acids is 1. The average Bonchev–Trinajstić information content (AvgIpc) is 2.47. The van der Waals surface area contributed by atoms with E-state index in [2.05, 4.69) is 24.5 Å². The van der Waals surface area contributed by atoms with Crippen LogP contribution in [0.25, 0.3) is 0 Å². The largest absolute Gasteiger partial charge is 0.391 e. The van der Waals surface area contributed by atoms with Gasteiger partial charge in [-0.05, 0) is 31.8 Å². The zero-order chi connectivity index (χ0) is 15.0. The van der Waals surface area contributed by atoms with Crippen LogP contribution < -0.4 is 10.6 Å². The highest BCUT2D eigenvalue weighted by molar-refractivity contribution is 5.83. The number of ether oxygens (including phenoxy) is 1. The van der Waals surface area contributed by atoms with Gasteiger partial charge in [-0.15, -0.1) is 0 Å². The number of carbonyl (C=O) groups is 1. The second kappa shape index (κ2) is 8.60. The second-order valence-corrected chi connectivity index (χ2v) is 5.82. The Balaban J connectivity index is 2.54. The van der Waals surface area contributed by atoms with E-state index in [-0.39, 0.29) is 11.8 Å². The van der Waals surface area contributed by atoms with Gasteiger partial charge < -0.3 is 20.5 Å². The summed E-state index contributed by atoms with van der Waals surface area (Å²) in [4.78, 5) is 12.5. The smallest absolute Gasteiger partial charge is 0.228 e. The van der Waals surface area contributed by atoms with Gasteiger partial charge in [0, 0.05) is 13.7 Å². The molecule has 1 rings (SSSR count). The van der Waals surface area contributed by atoms with E-state index in [1.807, 2.05) is 0 Å². The Bertz CT molecular complexity index is 281. The van der Waals surface area contributed by atoms with Crippen LogP contribution in [0.3, 0.4) is 0 Å². The first-order valence-electron chi connectivity index (χ1n) is 7.75. The fraction of sp³-hybridized carbons (Fsp3) is 0.933. The standard InChI is InChI=1S/C15H30N2O3/c1-4-12(5-2)13(18)10-17-14(19)15(11-20-3)6-8-16-9-7-15/h12-13,16,18H,4-11H2,1-3H3,(H,17,19). The maximum Gasteiger partial charge on any atom is 0.228 e. The van der Waals surface area contributed by atoms with Gasteiger partial charge in [-0.2, -0.15) is 0 Å². The molecule has 1 atom stereocenters. The number of amides is 1. The lowest BCUT2D eigenvalue weighted by Crippen LogP contribution is -2.51. The summed E-state index contributed by atoms with van der Waals surface area (Å²) in [5, 5.41) is 16.3. The van der Waals surface area contributed by atoms with Crippen molar-refractivity contribution in [2.75, 3.05) is 33.4 Å². The Morgan fingerprint density at radius 1 is 1.35 bits per heavy atom. The Morgan fingerprint density at radius 2 is 1.95 bits per heavy atom. The topological polar surface area (TPSA) is 70.6 Å². The summed E-state index contributed by atoms with van der Waals surface area (Å²) in [6, 6.07) is 0. The molecule has 0 saturated carbocycles. The molecule has 0 aromatic heterocycles. The Hall–Kier alpha value is -0.650. The van der Waals surface area contributed by atoms with E-state index in [1.54, 1.807) is 7.11 Å². The van der Waals surface area contributed by atoms with E-state index in [4.69, 9.17) is 4.74 Å². The summed E-state index contributed by atoms with van der Waals surface area (Å²) in [5.41, 5.74) is -0.437. The maximum absolute atomic E-state index is 12.5. The zero-order valence-corrected chi connectivity index (χ0v) is 13.1. The molecule has 1 amide bonds. The number of hydrogen-bond acceptors (Lipinski definition) is 4. The lowest BCUT2D eigenvalue weighted by atomic mass is 9.78. The third-order valence-corrected chi connectivity index (χ3v) is 4.53. The van der Waals surface area contributed by atoms with Crippen molar-refractivity contribution in [1.29, 1.82) is 0 Å². The van der Waals surface area contributed by atoms with Crippen molar-refractivity contribution in [1.82, 2.24) is 10.6 Å². The van der Waals surface area contributed by atoms with Gasteiger partial charge in [0.2, 0.25) is 5.91 Å². The summed E-state index contributed by atoms with van der Waals surface area (Å²) in [5.74, 6) is 0.271. The predicted molar refractivity (Wildman–Crippen MR) is 79.5 cm³/mol. The molecule has 118 valence electrons. The highest BCUT2D eigenvalue weighted by Gasteiger charge is 2.39. The highest BCUT2D eigenvalue weighted by atomic mass is 16.5. The van der Waals surface area contributed by atoms with Crippen molar-refractivity contribution >= 4 is 5.91 Å². The van der Waals surface area contributed by atoms with Gasteiger partial charge >= 0.3 is 0 Å². The van der Waals surface area contributed by atoms with Crippen molar-refractivity contribution in [2.24, 2.45) is 11.3 Å². The van der Waals surface area contributed by atoms with E-state index >= 15 is 0 Å². The molecule has 0 bridgehead atoms. The molecule has 0 aromatic rings. The number of piperidine rings is 1. The molecule has 5 nitrogen and oxygen atoms in total. The SMILES string of the molecule is CCC(CC)C(O)CNC(=O)C1(COC)CCNCC1. The molecular weight excluding hydrogens is 256 g/mol. The second-order valence-electron chi connectivity index (χ2n) is 5.82. The van der Waals surface area contributed by atoms with Gasteiger partial charge in [-0.25, -0.2) is 0 Å². The summed E-state index contributed by atoms with van der Waals surface area (Å²) in [6.07, 6.45) is 2.97. The average molecular weight is 286 g/mol. The van der Waals surface area contributed by atoms with Crippen molar-refractivity contribution in [3.8, 4) is 0 Å². The number of hydrogen-bond donors (Lipinski definition) is 3. The lowest BCUT2D eigenvalue weighted by molar-refractivity contribution is -0.136. The quantitative estimate of drug-likeness (QED) is 0.620. The molecule has 0 radical (unpaired) electrons. The van der Waals surface area contributed by atoms with Gasteiger partial charge in [0.25, 0.3) is 0 Å². The highest BCUT2D eigenvalue weighted by Crippen LogP contribution is 2.29. The van der Waals surface area contributed by atoms with Crippen LogP contribution in [-0.4, -0.2) is 50.5 Å². The van der Waals surface area contributed by atoms with E-state index in [0.29, 0.717) is 13.2 Å². The number of nitrogens with one attached hydrogen (secondary N) is 2. The Kier molecular flexibility index (Phi) is 7.48. The van der Waals surface area contributed by atoms with Crippen LogP contribution in [0.5, 0.6) is 0 Å². The molecule has 5 heteroatoms.